The molecular formula is C8H5ClN4O2. The average molecular weight is 225 g/mol. The zero-order valence-electron chi connectivity index (χ0n) is 7.35. The van der Waals surface area contributed by atoms with Gasteiger partial charge in [0.25, 0.3) is 0 Å². The number of hydrogen-bond donors (Lipinski definition) is 1. The van der Waals surface area contributed by atoms with Gasteiger partial charge in [-0.25, -0.2) is 9.97 Å². The van der Waals surface area contributed by atoms with Crippen molar-refractivity contribution in [1.82, 2.24) is 9.97 Å². The first-order valence-electron chi connectivity index (χ1n) is 3.95. The minimum Gasteiger partial charge on any atom is -0.392 e. The predicted molar refractivity (Wildman–Crippen MR) is 55.6 cm³/mol. The lowest BCUT2D eigenvalue weighted by Gasteiger charge is -2.02. The van der Waals surface area contributed by atoms with Gasteiger partial charge >= 0.3 is 5.69 Å². The van der Waals surface area contributed by atoms with Crippen LogP contribution in [0.2, 0.25) is 5.15 Å². The Morgan fingerprint density at radius 3 is 2.93 bits per heavy atom. The summed E-state index contributed by atoms with van der Waals surface area (Å²) < 4.78 is 0. The van der Waals surface area contributed by atoms with Crippen molar-refractivity contribution in [3.63, 3.8) is 0 Å². The van der Waals surface area contributed by atoms with Gasteiger partial charge in [0.15, 0.2) is 5.65 Å². The van der Waals surface area contributed by atoms with Crippen LogP contribution in [0.3, 0.4) is 0 Å². The van der Waals surface area contributed by atoms with E-state index in [0.717, 1.165) is 0 Å². The van der Waals surface area contributed by atoms with Crippen LogP contribution < -0.4 is 5.73 Å². The fourth-order valence-corrected chi connectivity index (χ4v) is 1.51. The normalized spacial score (nSPS) is 10.5. The zero-order chi connectivity index (χ0) is 11.0. The summed E-state index contributed by atoms with van der Waals surface area (Å²) in [5, 5.41) is 10.8. The van der Waals surface area contributed by atoms with Gasteiger partial charge in [0.2, 0.25) is 5.15 Å². The highest BCUT2D eigenvalue weighted by Crippen LogP contribution is 2.33. The van der Waals surface area contributed by atoms with Crippen molar-refractivity contribution in [2.45, 2.75) is 0 Å². The first kappa shape index (κ1) is 9.60. The molecule has 15 heavy (non-hydrogen) atoms. The van der Waals surface area contributed by atoms with Crippen molar-refractivity contribution in [1.29, 1.82) is 0 Å². The molecule has 0 bridgehead atoms. The minimum atomic E-state index is -0.656. The highest BCUT2D eigenvalue weighted by atomic mass is 35.5. The third kappa shape index (κ3) is 1.44. The van der Waals surface area contributed by atoms with Crippen molar-refractivity contribution in [3.05, 3.63) is 33.6 Å². The molecule has 0 aliphatic heterocycles. The summed E-state index contributed by atoms with van der Waals surface area (Å²) in [6, 6.07) is 3.23. The Balaban J connectivity index is 2.90. The second-order valence-electron chi connectivity index (χ2n) is 2.80. The van der Waals surface area contributed by atoms with Crippen molar-refractivity contribution < 1.29 is 4.92 Å². The number of anilines is 1. The Bertz CT molecular complexity index is 558. The van der Waals surface area contributed by atoms with Crippen LogP contribution in [0.25, 0.3) is 11.0 Å². The molecule has 0 spiro atoms. The van der Waals surface area contributed by atoms with Crippen molar-refractivity contribution in [2.75, 3.05) is 5.73 Å². The third-order valence-corrected chi connectivity index (χ3v) is 2.18. The predicted octanol–water partition coefficient (Wildman–Crippen LogP) is 1.77. The number of halogens is 1. The van der Waals surface area contributed by atoms with Crippen LogP contribution in [0.15, 0.2) is 18.3 Å². The van der Waals surface area contributed by atoms with Gasteiger partial charge in [-0.1, -0.05) is 11.6 Å². The molecule has 0 fully saturated rings. The molecule has 2 heterocycles. The molecule has 2 N–H and O–H groups in total. The van der Waals surface area contributed by atoms with E-state index < -0.39 is 4.92 Å². The summed E-state index contributed by atoms with van der Waals surface area (Å²) in [4.78, 5) is 17.7. The first-order chi connectivity index (χ1) is 7.11. The summed E-state index contributed by atoms with van der Waals surface area (Å²) in [6.45, 7) is 0. The van der Waals surface area contributed by atoms with E-state index in [1.165, 1.54) is 6.20 Å². The maximum atomic E-state index is 10.7. The number of fused-ring (bicyclic) bond motifs is 1. The molecule has 2 aromatic rings. The van der Waals surface area contributed by atoms with Gasteiger partial charge in [0, 0.05) is 11.6 Å². The van der Waals surface area contributed by atoms with Crippen LogP contribution in [0, 0.1) is 10.1 Å². The first-order valence-corrected chi connectivity index (χ1v) is 4.33. The van der Waals surface area contributed by atoms with E-state index in [4.69, 9.17) is 17.3 Å². The van der Waals surface area contributed by atoms with E-state index in [0.29, 0.717) is 11.0 Å². The van der Waals surface area contributed by atoms with Gasteiger partial charge in [-0.2, -0.15) is 0 Å². The minimum absolute atomic E-state index is 0.0110. The molecule has 0 saturated carbocycles. The lowest BCUT2D eigenvalue weighted by molar-refractivity contribution is -0.383. The number of nitrogen functional groups attached to an aromatic ring is 1. The number of rotatable bonds is 1. The van der Waals surface area contributed by atoms with E-state index in [1.807, 2.05) is 0 Å². The summed E-state index contributed by atoms with van der Waals surface area (Å²) in [5.74, 6) is 0. The van der Waals surface area contributed by atoms with Crippen LogP contribution in [-0.2, 0) is 0 Å². The van der Waals surface area contributed by atoms with Crippen molar-refractivity contribution >= 4 is 34.0 Å². The topological polar surface area (TPSA) is 94.9 Å². The smallest absolute Gasteiger partial charge is 0.329 e. The van der Waals surface area contributed by atoms with Crippen LogP contribution in [0.4, 0.5) is 11.4 Å². The Labute approximate surface area is 88.8 Å². The largest absolute Gasteiger partial charge is 0.392 e. The van der Waals surface area contributed by atoms with Crippen LogP contribution in [0.1, 0.15) is 0 Å². The van der Waals surface area contributed by atoms with E-state index in [1.54, 1.807) is 12.1 Å². The van der Waals surface area contributed by atoms with Crippen LogP contribution in [0.5, 0.6) is 0 Å². The molecule has 2 rings (SSSR count). The van der Waals surface area contributed by atoms with Gasteiger partial charge in [0.05, 0.1) is 4.92 Å². The molecule has 2 aromatic heterocycles. The van der Waals surface area contributed by atoms with Gasteiger partial charge in [-0.3, -0.25) is 10.1 Å². The molecule has 0 aliphatic rings. The number of nitro groups is 1. The molecule has 0 amide bonds. The third-order valence-electron chi connectivity index (χ3n) is 1.91. The fraction of sp³-hybridized carbons (Fsp3) is 0. The van der Waals surface area contributed by atoms with Crippen molar-refractivity contribution in [3.8, 4) is 0 Å². The quantitative estimate of drug-likeness (QED) is 0.453. The highest BCUT2D eigenvalue weighted by molar-refractivity contribution is 6.32. The van der Waals surface area contributed by atoms with E-state index >= 15 is 0 Å². The number of pyridine rings is 2. The monoisotopic (exact) mass is 224 g/mol. The standard InChI is InChI=1S/C8H5ClN4O2/c9-7-6(13(14)15)5(10)4-2-1-3-11-8(4)12-7/h1-3H,(H2,10,11,12). The van der Waals surface area contributed by atoms with E-state index in [2.05, 4.69) is 9.97 Å². The number of nitrogens with zero attached hydrogens (tertiary/aromatic N) is 3. The molecule has 0 atom stereocenters. The zero-order valence-corrected chi connectivity index (χ0v) is 8.10. The lowest BCUT2D eigenvalue weighted by Crippen LogP contribution is -2.00. The maximum absolute atomic E-state index is 10.7. The second-order valence-corrected chi connectivity index (χ2v) is 3.15. The Hall–Kier alpha value is -1.95. The van der Waals surface area contributed by atoms with Gasteiger partial charge in [-0.15, -0.1) is 0 Å². The molecular weight excluding hydrogens is 220 g/mol. The van der Waals surface area contributed by atoms with E-state index in [9.17, 15) is 10.1 Å². The Kier molecular flexibility index (Phi) is 2.12. The van der Waals surface area contributed by atoms with Gasteiger partial charge in [0.1, 0.15) is 5.69 Å². The molecule has 0 saturated heterocycles. The SMILES string of the molecule is Nc1c([N+](=O)[O-])c(Cl)nc2ncccc12. The van der Waals surface area contributed by atoms with Crippen LogP contribution in [-0.4, -0.2) is 14.9 Å². The lowest BCUT2D eigenvalue weighted by atomic mass is 10.2. The maximum Gasteiger partial charge on any atom is 0.329 e. The van der Waals surface area contributed by atoms with Gasteiger partial charge in [-0.05, 0) is 12.1 Å². The average Bonchev–Trinajstić information content (AvgIpc) is 2.17. The van der Waals surface area contributed by atoms with E-state index in [-0.39, 0.29) is 16.5 Å². The molecule has 0 aliphatic carbocycles. The molecule has 0 radical (unpaired) electrons. The Morgan fingerprint density at radius 2 is 2.27 bits per heavy atom. The summed E-state index contributed by atoms with van der Waals surface area (Å²) in [5.41, 5.74) is 5.52. The Morgan fingerprint density at radius 1 is 1.53 bits per heavy atom. The second kappa shape index (κ2) is 3.32. The number of aromatic nitrogens is 2. The highest BCUT2D eigenvalue weighted by Gasteiger charge is 2.21. The van der Waals surface area contributed by atoms with Crippen LogP contribution >= 0.6 is 11.6 Å². The molecule has 76 valence electrons. The molecule has 0 unspecified atom stereocenters. The summed E-state index contributed by atoms with van der Waals surface area (Å²) >= 11 is 5.63. The fourth-order valence-electron chi connectivity index (χ4n) is 1.25. The summed E-state index contributed by atoms with van der Waals surface area (Å²) in [7, 11) is 0. The molecule has 6 nitrogen and oxygen atoms in total. The summed E-state index contributed by atoms with van der Waals surface area (Å²) in [6.07, 6.45) is 1.51. The number of nitrogens with two attached hydrogens (primary N) is 1. The molecule has 0 aromatic carbocycles. The van der Waals surface area contributed by atoms with Crippen molar-refractivity contribution in [2.24, 2.45) is 0 Å². The number of hydrogen-bond acceptors (Lipinski definition) is 5. The van der Waals surface area contributed by atoms with Gasteiger partial charge < -0.3 is 5.73 Å². The molecule has 7 heteroatoms.